The van der Waals surface area contributed by atoms with Gasteiger partial charge in [-0.05, 0) is 37.5 Å². The molecule has 1 atom stereocenters. The molecule has 8 nitrogen and oxygen atoms in total. The van der Waals surface area contributed by atoms with Crippen LogP contribution in [0.5, 0.6) is 0 Å². The maximum Gasteiger partial charge on any atom is 0.340 e. The lowest BCUT2D eigenvalue weighted by molar-refractivity contribution is -0.159. The van der Waals surface area contributed by atoms with Gasteiger partial charge in [-0.1, -0.05) is 26.0 Å². The van der Waals surface area contributed by atoms with E-state index in [1.165, 1.54) is 0 Å². The van der Waals surface area contributed by atoms with Crippen molar-refractivity contribution in [3.63, 3.8) is 0 Å². The van der Waals surface area contributed by atoms with E-state index in [0.29, 0.717) is 5.92 Å². The summed E-state index contributed by atoms with van der Waals surface area (Å²) in [5.41, 5.74) is 1.82. The van der Waals surface area contributed by atoms with Gasteiger partial charge in [0.25, 0.3) is 0 Å². The van der Waals surface area contributed by atoms with Gasteiger partial charge in [-0.3, -0.25) is 9.59 Å². The second-order valence-corrected chi connectivity index (χ2v) is 7.10. The number of rotatable bonds is 8. The lowest BCUT2D eigenvalue weighted by Gasteiger charge is -2.20. The van der Waals surface area contributed by atoms with E-state index in [9.17, 15) is 19.2 Å². The topological polar surface area (TPSA) is 102 Å². The van der Waals surface area contributed by atoms with E-state index in [1.807, 2.05) is 24.3 Å². The van der Waals surface area contributed by atoms with Crippen LogP contribution in [-0.4, -0.2) is 49.6 Å². The highest BCUT2D eigenvalue weighted by Crippen LogP contribution is 2.28. The summed E-state index contributed by atoms with van der Waals surface area (Å²) in [5, 5.41) is 2.38. The molecule has 0 aliphatic carbocycles. The minimum atomic E-state index is -1.55. The number of anilines is 1. The van der Waals surface area contributed by atoms with E-state index in [1.54, 1.807) is 18.7 Å². The molecule has 1 fully saturated rings. The molecule has 0 spiro atoms. The average Bonchev–Trinajstić information content (AvgIpc) is 3.08. The Morgan fingerprint density at radius 3 is 2.31 bits per heavy atom. The summed E-state index contributed by atoms with van der Waals surface area (Å²) >= 11 is 0. The van der Waals surface area contributed by atoms with E-state index < -0.39 is 29.8 Å². The summed E-state index contributed by atoms with van der Waals surface area (Å²) in [6.07, 6.45) is -0.00386. The van der Waals surface area contributed by atoms with Crippen molar-refractivity contribution < 1.29 is 28.7 Å². The fraction of sp³-hybridized carbons (Fsp3) is 0.524. The van der Waals surface area contributed by atoms with Crippen LogP contribution in [0.4, 0.5) is 5.69 Å². The van der Waals surface area contributed by atoms with Crippen LogP contribution in [0.3, 0.4) is 0 Å². The molecule has 1 heterocycles. The summed E-state index contributed by atoms with van der Waals surface area (Å²) in [6, 6.07) is 6.08. The van der Waals surface area contributed by atoms with Crippen LogP contribution in [0.1, 0.15) is 45.6 Å². The Kier molecular flexibility index (Phi) is 7.75. The van der Waals surface area contributed by atoms with Gasteiger partial charge in [-0.2, -0.15) is 0 Å². The van der Waals surface area contributed by atoms with Gasteiger partial charge in [0.1, 0.15) is 0 Å². The number of hydrogen-bond acceptors (Lipinski definition) is 6. The van der Waals surface area contributed by atoms with Crippen molar-refractivity contribution >= 4 is 29.4 Å². The molecule has 2 rings (SSSR count). The van der Waals surface area contributed by atoms with Gasteiger partial charge >= 0.3 is 11.9 Å². The summed E-state index contributed by atoms with van der Waals surface area (Å²) in [5.74, 6) is -2.89. The molecule has 1 N–H and O–H groups in total. The van der Waals surface area contributed by atoms with Gasteiger partial charge in [-0.25, -0.2) is 9.59 Å². The summed E-state index contributed by atoms with van der Waals surface area (Å²) in [6.45, 7) is 7.61. The molecule has 29 heavy (non-hydrogen) atoms. The first-order chi connectivity index (χ1) is 13.8. The van der Waals surface area contributed by atoms with Gasteiger partial charge in [0.2, 0.25) is 17.9 Å². The van der Waals surface area contributed by atoms with Crippen molar-refractivity contribution in [2.24, 2.45) is 5.92 Å². The number of esters is 2. The third-order valence-electron chi connectivity index (χ3n) is 4.68. The zero-order chi connectivity index (χ0) is 21.6. The highest BCUT2D eigenvalue weighted by Gasteiger charge is 2.39. The Morgan fingerprint density at radius 2 is 1.76 bits per heavy atom. The molecule has 0 radical (unpaired) electrons. The van der Waals surface area contributed by atoms with Crippen LogP contribution in [0.2, 0.25) is 0 Å². The maximum absolute atomic E-state index is 12.7. The SMILES string of the molecule is CCOC(=O)C(NC(=O)C1CC(=O)N(c2cccc(C(C)C)c2)C1)C(=O)OCC. The highest BCUT2D eigenvalue weighted by atomic mass is 16.6. The summed E-state index contributed by atoms with van der Waals surface area (Å²) < 4.78 is 9.70. The molecule has 0 saturated carbocycles. The molecule has 1 aromatic rings. The summed E-state index contributed by atoms with van der Waals surface area (Å²) in [4.78, 5) is 50.8. The number of hydrogen-bond donors (Lipinski definition) is 1. The molecular formula is C21H28N2O6. The summed E-state index contributed by atoms with van der Waals surface area (Å²) in [7, 11) is 0. The van der Waals surface area contributed by atoms with Crippen molar-refractivity contribution in [3.8, 4) is 0 Å². The van der Waals surface area contributed by atoms with Gasteiger partial charge in [0.05, 0.1) is 19.1 Å². The molecule has 2 amide bonds. The van der Waals surface area contributed by atoms with Crippen molar-refractivity contribution in [1.82, 2.24) is 5.32 Å². The van der Waals surface area contributed by atoms with Crippen LogP contribution in [0.25, 0.3) is 0 Å². The number of carbonyl (C=O) groups excluding carboxylic acids is 4. The lowest BCUT2D eigenvalue weighted by atomic mass is 10.0. The quantitative estimate of drug-likeness (QED) is 0.523. The van der Waals surface area contributed by atoms with E-state index in [4.69, 9.17) is 9.47 Å². The molecule has 0 aromatic heterocycles. The van der Waals surface area contributed by atoms with Crippen LogP contribution < -0.4 is 10.2 Å². The minimum absolute atomic E-state index is 0.00386. The lowest BCUT2D eigenvalue weighted by Crippen LogP contribution is -2.50. The third-order valence-corrected chi connectivity index (χ3v) is 4.68. The largest absolute Gasteiger partial charge is 0.464 e. The van der Waals surface area contributed by atoms with E-state index in [2.05, 4.69) is 19.2 Å². The smallest absolute Gasteiger partial charge is 0.340 e. The maximum atomic E-state index is 12.7. The number of nitrogens with one attached hydrogen (secondary N) is 1. The molecule has 0 bridgehead atoms. The highest BCUT2D eigenvalue weighted by molar-refractivity contribution is 6.05. The van der Waals surface area contributed by atoms with Crippen molar-refractivity contribution in [2.45, 2.75) is 46.1 Å². The van der Waals surface area contributed by atoms with Gasteiger partial charge < -0.3 is 19.7 Å². The van der Waals surface area contributed by atoms with E-state index in [0.717, 1.165) is 11.3 Å². The first-order valence-corrected chi connectivity index (χ1v) is 9.82. The molecule has 1 saturated heterocycles. The van der Waals surface area contributed by atoms with Gasteiger partial charge in [0.15, 0.2) is 0 Å². The first kappa shape index (κ1) is 22.4. The molecular weight excluding hydrogens is 376 g/mol. The molecule has 1 unspecified atom stereocenters. The predicted molar refractivity (Wildman–Crippen MR) is 106 cm³/mol. The number of nitrogens with zero attached hydrogens (tertiary/aromatic N) is 1. The molecule has 8 heteroatoms. The fourth-order valence-corrected chi connectivity index (χ4v) is 3.11. The number of benzene rings is 1. The molecule has 1 aromatic carbocycles. The standard InChI is InChI=1S/C21H28N2O6/c1-5-28-20(26)18(21(27)29-6-2)22-19(25)15-11-17(24)23(12-15)16-9-7-8-14(10-16)13(3)4/h7-10,13,15,18H,5-6,11-12H2,1-4H3,(H,22,25). The van der Waals surface area contributed by atoms with Crippen LogP contribution in [0.15, 0.2) is 24.3 Å². The third kappa shape index (κ3) is 5.56. The second-order valence-electron chi connectivity index (χ2n) is 7.10. The monoisotopic (exact) mass is 404 g/mol. The van der Waals surface area contributed by atoms with Crippen molar-refractivity contribution in [1.29, 1.82) is 0 Å². The zero-order valence-electron chi connectivity index (χ0n) is 17.3. The normalized spacial score (nSPS) is 16.3. The minimum Gasteiger partial charge on any atom is -0.464 e. The van der Waals surface area contributed by atoms with E-state index >= 15 is 0 Å². The number of ether oxygens (including phenoxy) is 2. The Morgan fingerprint density at radius 1 is 1.14 bits per heavy atom. The molecule has 158 valence electrons. The fourth-order valence-electron chi connectivity index (χ4n) is 3.11. The predicted octanol–water partition coefficient (Wildman–Crippen LogP) is 1.77. The number of carbonyl (C=O) groups is 4. The molecule has 1 aliphatic rings. The first-order valence-electron chi connectivity index (χ1n) is 9.82. The van der Waals surface area contributed by atoms with E-state index in [-0.39, 0.29) is 32.1 Å². The Bertz CT molecular complexity index is 758. The van der Waals surface area contributed by atoms with Crippen LogP contribution in [0, 0.1) is 5.92 Å². The van der Waals surface area contributed by atoms with Crippen LogP contribution in [-0.2, 0) is 28.7 Å². The van der Waals surface area contributed by atoms with Gasteiger partial charge in [-0.15, -0.1) is 0 Å². The number of amides is 2. The Hall–Kier alpha value is -2.90. The Balaban J connectivity index is 2.11. The second kappa shape index (κ2) is 10.0. The molecule has 1 aliphatic heterocycles. The van der Waals surface area contributed by atoms with Crippen molar-refractivity contribution in [3.05, 3.63) is 29.8 Å². The average molecular weight is 404 g/mol. The van der Waals surface area contributed by atoms with Crippen molar-refractivity contribution in [2.75, 3.05) is 24.7 Å². The van der Waals surface area contributed by atoms with Crippen LogP contribution >= 0.6 is 0 Å². The Labute approximate surface area is 170 Å². The van der Waals surface area contributed by atoms with Gasteiger partial charge in [0, 0.05) is 18.7 Å². The zero-order valence-corrected chi connectivity index (χ0v) is 17.3.